The van der Waals surface area contributed by atoms with Crippen molar-refractivity contribution in [2.24, 2.45) is 5.41 Å². The van der Waals surface area contributed by atoms with Crippen LogP contribution in [0.2, 0.25) is 0 Å². The number of hydrogen-bond acceptors (Lipinski definition) is 4. The molecule has 0 saturated heterocycles. The molecular weight excluding hydrogens is 216 g/mol. The zero-order chi connectivity index (χ0) is 13.1. The van der Waals surface area contributed by atoms with E-state index in [0.717, 1.165) is 39.3 Å². The third-order valence-corrected chi connectivity index (χ3v) is 2.71. The van der Waals surface area contributed by atoms with E-state index in [0.29, 0.717) is 0 Å². The van der Waals surface area contributed by atoms with E-state index in [1.807, 2.05) is 0 Å². The zero-order valence-corrected chi connectivity index (χ0v) is 12.0. The van der Waals surface area contributed by atoms with Gasteiger partial charge < -0.3 is 15.2 Å². The van der Waals surface area contributed by atoms with Crippen molar-refractivity contribution in [2.75, 3.05) is 53.0 Å². The Bertz CT molecular complexity index is 175. The van der Waals surface area contributed by atoms with Crippen LogP contribution < -0.4 is 5.32 Å². The van der Waals surface area contributed by atoms with Gasteiger partial charge in [-0.25, -0.2) is 0 Å². The first-order chi connectivity index (χ1) is 8.05. The van der Waals surface area contributed by atoms with Crippen molar-refractivity contribution < 1.29 is 9.84 Å². The van der Waals surface area contributed by atoms with Crippen LogP contribution in [-0.4, -0.2) is 63.1 Å². The van der Waals surface area contributed by atoms with E-state index in [4.69, 9.17) is 9.84 Å². The van der Waals surface area contributed by atoms with E-state index >= 15 is 0 Å². The highest BCUT2D eigenvalue weighted by Crippen LogP contribution is 2.15. The highest BCUT2D eigenvalue weighted by Gasteiger charge is 2.21. The number of nitrogens with one attached hydrogen (secondary N) is 1. The molecule has 0 fully saturated rings. The van der Waals surface area contributed by atoms with Gasteiger partial charge in [-0.1, -0.05) is 20.8 Å². The smallest absolute Gasteiger partial charge is 0.0589 e. The van der Waals surface area contributed by atoms with Crippen molar-refractivity contribution in [1.29, 1.82) is 0 Å². The molecular formula is C13H30N2O2. The first-order valence-corrected chi connectivity index (χ1v) is 6.58. The van der Waals surface area contributed by atoms with Gasteiger partial charge in [0.2, 0.25) is 0 Å². The summed E-state index contributed by atoms with van der Waals surface area (Å²) in [5, 5.41) is 12.5. The molecule has 0 rings (SSSR count). The van der Waals surface area contributed by atoms with Crippen LogP contribution in [0.1, 0.15) is 27.2 Å². The van der Waals surface area contributed by atoms with Crippen LogP contribution in [0.4, 0.5) is 0 Å². The van der Waals surface area contributed by atoms with Gasteiger partial charge in [-0.05, 0) is 18.4 Å². The van der Waals surface area contributed by atoms with E-state index in [9.17, 15) is 0 Å². The Morgan fingerprint density at radius 1 is 1.29 bits per heavy atom. The predicted octanol–water partition coefficient (Wildman–Crippen LogP) is 0.953. The van der Waals surface area contributed by atoms with Crippen LogP contribution >= 0.6 is 0 Å². The summed E-state index contributed by atoms with van der Waals surface area (Å²) in [6, 6.07) is 0. The molecule has 0 heterocycles. The molecule has 2 N–H and O–H groups in total. The Morgan fingerprint density at radius 3 is 2.53 bits per heavy atom. The monoisotopic (exact) mass is 246 g/mol. The Kier molecular flexibility index (Phi) is 9.74. The van der Waals surface area contributed by atoms with Gasteiger partial charge in [0.25, 0.3) is 0 Å². The number of aliphatic hydroxyl groups excluding tert-OH is 1. The van der Waals surface area contributed by atoms with Gasteiger partial charge in [-0.2, -0.15) is 0 Å². The molecule has 0 aliphatic heterocycles. The lowest BCUT2D eigenvalue weighted by atomic mass is 9.92. The van der Waals surface area contributed by atoms with Gasteiger partial charge in [0.15, 0.2) is 0 Å². The Hall–Kier alpha value is -0.160. The molecule has 0 aromatic rings. The molecule has 17 heavy (non-hydrogen) atoms. The van der Waals surface area contributed by atoms with Gasteiger partial charge in [0.05, 0.1) is 13.2 Å². The van der Waals surface area contributed by atoms with Crippen molar-refractivity contribution in [1.82, 2.24) is 10.2 Å². The lowest BCUT2D eigenvalue weighted by molar-refractivity contribution is 0.101. The number of hydrogen-bond donors (Lipinski definition) is 2. The Balaban J connectivity index is 4.01. The second kappa shape index (κ2) is 9.83. The van der Waals surface area contributed by atoms with Crippen LogP contribution in [0.15, 0.2) is 0 Å². The normalized spacial score (nSPS) is 12.4. The molecule has 104 valence electrons. The maximum absolute atomic E-state index is 9.05. The second-order valence-corrected chi connectivity index (χ2v) is 5.33. The molecule has 4 nitrogen and oxygen atoms in total. The number of ether oxygens (including phenoxy) is 1. The molecule has 0 aromatic carbocycles. The summed E-state index contributed by atoms with van der Waals surface area (Å²) < 4.78 is 5.09. The van der Waals surface area contributed by atoms with Crippen LogP contribution in [0.25, 0.3) is 0 Å². The largest absolute Gasteiger partial charge is 0.395 e. The first-order valence-electron chi connectivity index (χ1n) is 6.58. The Labute approximate surface area is 106 Å². The van der Waals surface area contributed by atoms with Gasteiger partial charge >= 0.3 is 0 Å². The number of methoxy groups -OCH3 is 1. The lowest BCUT2D eigenvalue weighted by Crippen LogP contribution is -2.42. The zero-order valence-electron chi connectivity index (χ0n) is 12.0. The average molecular weight is 246 g/mol. The van der Waals surface area contributed by atoms with Crippen LogP contribution in [-0.2, 0) is 4.74 Å². The fourth-order valence-corrected chi connectivity index (χ4v) is 1.90. The molecule has 0 saturated carbocycles. The summed E-state index contributed by atoms with van der Waals surface area (Å²) in [5.41, 5.74) is 0.220. The second-order valence-electron chi connectivity index (χ2n) is 5.33. The molecule has 4 heteroatoms. The molecule has 0 unspecified atom stereocenters. The first kappa shape index (κ1) is 16.8. The summed E-state index contributed by atoms with van der Waals surface area (Å²) in [4.78, 5) is 2.26. The number of aliphatic hydroxyl groups is 1. The van der Waals surface area contributed by atoms with Crippen LogP contribution in [0.5, 0.6) is 0 Å². The molecule has 0 bridgehead atoms. The third kappa shape index (κ3) is 9.53. The predicted molar refractivity (Wildman–Crippen MR) is 72.3 cm³/mol. The fourth-order valence-electron chi connectivity index (χ4n) is 1.90. The molecule has 0 aromatic heterocycles. The fraction of sp³-hybridized carbons (Fsp3) is 1.00. The van der Waals surface area contributed by atoms with Gasteiger partial charge in [0, 0.05) is 33.3 Å². The summed E-state index contributed by atoms with van der Waals surface area (Å²) >= 11 is 0. The maximum Gasteiger partial charge on any atom is 0.0589 e. The summed E-state index contributed by atoms with van der Waals surface area (Å²) in [6.45, 7) is 12.3. The molecule has 0 atom stereocenters. The van der Waals surface area contributed by atoms with E-state index in [1.54, 1.807) is 7.11 Å². The van der Waals surface area contributed by atoms with Crippen LogP contribution in [0, 0.1) is 5.41 Å². The third-order valence-electron chi connectivity index (χ3n) is 2.71. The molecule has 0 aliphatic rings. The molecule has 0 radical (unpaired) electrons. The number of nitrogens with zero attached hydrogens (tertiary/aromatic N) is 1. The molecule has 0 aliphatic carbocycles. The van der Waals surface area contributed by atoms with Gasteiger partial charge in [-0.3, -0.25) is 4.90 Å². The highest BCUT2D eigenvalue weighted by molar-refractivity contribution is 4.76. The minimum absolute atomic E-state index is 0.210. The summed E-state index contributed by atoms with van der Waals surface area (Å²) in [7, 11) is 1.71. The van der Waals surface area contributed by atoms with Crippen molar-refractivity contribution >= 4 is 0 Å². The van der Waals surface area contributed by atoms with Crippen molar-refractivity contribution in [3.8, 4) is 0 Å². The summed E-state index contributed by atoms with van der Waals surface area (Å²) in [6.07, 6.45) is 1.17. The average Bonchev–Trinajstić information content (AvgIpc) is 2.26. The van der Waals surface area contributed by atoms with Gasteiger partial charge in [0.1, 0.15) is 0 Å². The minimum Gasteiger partial charge on any atom is -0.395 e. The lowest BCUT2D eigenvalue weighted by Gasteiger charge is -2.32. The standard InChI is InChI=1S/C13H30N2O2/c1-5-6-14-11-13(2,3)12-15(7-9-16)8-10-17-4/h14,16H,5-12H2,1-4H3. The number of rotatable bonds is 11. The molecule has 0 spiro atoms. The van der Waals surface area contributed by atoms with Gasteiger partial charge in [-0.15, -0.1) is 0 Å². The van der Waals surface area contributed by atoms with E-state index in [2.05, 4.69) is 31.0 Å². The van der Waals surface area contributed by atoms with E-state index in [-0.39, 0.29) is 12.0 Å². The van der Waals surface area contributed by atoms with E-state index in [1.165, 1.54) is 6.42 Å². The maximum atomic E-state index is 9.05. The van der Waals surface area contributed by atoms with Crippen molar-refractivity contribution in [3.63, 3.8) is 0 Å². The van der Waals surface area contributed by atoms with Crippen LogP contribution in [0.3, 0.4) is 0 Å². The van der Waals surface area contributed by atoms with E-state index < -0.39 is 0 Å². The Morgan fingerprint density at radius 2 is 2.00 bits per heavy atom. The summed E-state index contributed by atoms with van der Waals surface area (Å²) in [5.74, 6) is 0. The topological polar surface area (TPSA) is 44.7 Å². The quantitative estimate of drug-likeness (QED) is 0.533. The van der Waals surface area contributed by atoms with Crippen molar-refractivity contribution in [3.05, 3.63) is 0 Å². The highest BCUT2D eigenvalue weighted by atomic mass is 16.5. The SMILES string of the molecule is CCCNCC(C)(C)CN(CCO)CCOC. The minimum atomic E-state index is 0.210. The molecule has 0 amide bonds. The van der Waals surface area contributed by atoms with Crippen molar-refractivity contribution in [2.45, 2.75) is 27.2 Å².